The lowest BCUT2D eigenvalue weighted by molar-refractivity contribution is -0.126. The quantitative estimate of drug-likeness (QED) is 0.347. The molecule has 0 aliphatic carbocycles. The van der Waals surface area contributed by atoms with Gasteiger partial charge in [-0.25, -0.2) is 0 Å². The van der Waals surface area contributed by atoms with Crippen LogP contribution in [0.25, 0.3) is 11.4 Å². The Morgan fingerprint density at radius 3 is 2.65 bits per heavy atom. The lowest BCUT2D eigenvalue weighted by Crippen LogP contribution is -2.40. The molecule has 0 saturated carbocycles. The molecular weight excluding hydrogens is 491 g/mol. The summed E-state index contributed by atoms with van der Waals surface area (Å²) in [6.45, 7) is 2.98. The summed E-state index contributed by atoms with van der Waals surface area (Å²) in [5.74, 6) is 3.27. The Morgan fingerprint density at radius 2 is 1.88 bits per heavy atom. The molecule has 1 fully saturated rings. The second kappa shape index (κ2) is 12.6. The molecule has 1 N–H and O–H groups in total. The number of halogens is 2. The third-order valence-corrected chi connectivity index (χ3v) is 7.58. The zero-order valence-electron chi connectivity index (χ0n) is 18.9. The van der Waals surface area contributed by atoms with Crippen LogP contribution >= 0.6 is 35.0 Å². The normalized spacial score (nSPS) is 14.9. The van der Waals surface area contributed by atoms with Gasteiger partial charge in [0.1, 0.15) is 0 Å². The molecule has 1 saturated heterocycles. The Bertz CT molecular complexity index is 1070. The maximum absolute atomic E-state index is 12.5. The Balaban J connectivity index is 1.11. The van der Waals surface area contributed by atoms with Crippen LogP contribution in [0.4, 0.5) is 0 Å². The molecule has 0 spiro atoms. The van der Waals surface area contributed by atoms with E-state index in [9.17, 15) is 4.79 Å². The number of likely N-dealkylation sites (tertiary alicyclic amines) is 1. The summed E-state index contributed by atoms with van der Waals surface area (Å²) in [6.07, 6.45) is 2.63. The van der Waals surface area contributed by atoms with Crippen LogP contribution in [0.5, 0.6) is 0 Å². The Morgan fingerprint density at radius 1 is 1.12 bits per heavy atom. The third-order valence-electron chi connectivity index (χ3n) is 5.87. The Hall–Kier alpha value is -2.06. The van der Waals surface area contributed by atoms with E-state index in [1.807, 2.05) is 54.2 Å². The molecule has 0 bridgehead atoms. The van der Waals surface area contributed by atoms with Crippen LogP contribution in [-0.2, 0) is 17.1 Å². The summed E-state index contributed by atoms with van der Waals surface area (Å²) in [5, 5.41) is 8.67. The van der Waals surface area contributed by atoms with Crippen LogP contribution in [0, 0.1) is 5.92 Å². The zero-order chi connectivity index (χ0) is 23.8. The van der Waals surface area contributed by atoms with Crippen LogP contribution in [0.3, 0.4) is 0 Å². The second-order valence-corrected chi connectivity index (χ2v) is 10.3. The molecule has 2 heterocycles. The molecule has 1 aromatic heterocycles. The number of rotatable bonds is 10. The lowest BCUT2D eigenvalue weighted by atomic mass is 9.96. The first-order valence-corrected chi connectivity index (χ1v) is 13.4. The maximum Gasteiger partial charge on any atom is 0.241 e. The van der Waals surface area contributed by atoms with Crippen molar-refractivity contribution in [2.75, 3.05) is 25.4 Å². The summed E-state index contributed by atoms with van der Waals surface area (Å²) in [4.78, 5) is 19.3. The van der Waals surface area contributed by atoms with Gasteiger partial charge in [0.05, 0.1) is 6.54 Å². The molecule has 2 aromatic carbocycles. The number of nitrogens with one attached hydrogen (secondary N) is 1. The van der Waals surface area contributed by atoms with Gasteiger partial charge in [-0.1, -0.05) is 46.6 Å². The topological polar surface area (TPSA) is 71.3 Å². The van der Waals surface area contributed by atoms with Crippen molar-refractivity contribution < 1.29 is 9.32 Å². The summed E-state index contributed by atoms with van der Waals surface area (Å²) < 4.78 is 5.42. The maximum atomic E-state index is 12.5. The van der Waals surface area contributed by atoms with Gasteiger partial charge in [-0.2, -0.15) is 16.7 Å². The Labute approximate surface area is 214 Å². The smallest absolute Gasteiger partial charge is 0.241 e. The number of carbonyl (C=O) groups excluding carboxylic acids is 1. The van der Waals surface area contributed by atoms with E-state index < -0.39 is 0 Å². The molecule has 6 nitrogen and oxygen atoms in total. The first-order valence-electron chi connectivity index (χ1n) is 11.5. The van der Waals surface area contributed by atoms with E-state index in [2.05, 4.69) is 26.4 Å². The van der Waals surface area contributed by atoms with Crippen LogP contribution in [0.2, 0.25) is 10.0 Å². The average Bonchev–Trinajstić information content (AvgIpc) is 3.31. The number of hydrogen-bond donors (Lipinski definition) is 1. The van der Waals surface area contributed by atoms with Crippen molar-refractivity contribution in [3.63, 3.8) is 0 Å². The first kappa shape index (κ1) is 25.0. The van der Waals surface area contributed by atoms with Crippen molar-refractivity contribution in [3.05, 3.63) is 70.0 Å². The van der Waals surface area contributed by atoms with Crippen LogP contribution < -0.4 is 5.32 Å². The highest BCUT2D eigenvalue weighted by Crippen LogP contribution is 2.23. The van der Waals surface area contributed by atoms with E-state index in [-0.39, 0.29) is 11.8 Å². The third kappa shape index (κ3) is 7.22. The number of hydrogen-bond acceptors (Lipinski definition) is 6. The van der Waals surface area contributed by atoms with Crippen LogP contribution in [0.1, 0.15) is 30.7 Å². The molecule has 9 heteroatoms. The predicted octanol–water partition coefficient (Wildman–Crippen LogP) is 5.70. The number of nitrogens with zero attached hydrogens (tertiary/aromatic N) is 3. The summed E-state index contributed by atoms with van der Waals surface area (Å²) in [5.41, 5.74) is 2.03. The van der Waals surface area contributed by atoms with Gasteiger partial charge in [0, 0.05) is 33.8 Å². The van der Waals surface area contributed by atoms with Gasteiger partial charge < -0.3 is 9.84 Å². The minimum absolute atomic E-state index is 0.0688. The molecule has 1 aliphatic rings. The van der Waals surface area contributed by atoms with Gasteiger partial charge in [0.2, 0.25) is 17.6 Å². The van der Waals surface area contributed by atoms with E-state index >= 15 is 0 Å². The summed E-state index contributed by atoms with van der Waals surface area (Å²) in [6, 6.07) is 15.3. The van der Waals surface area contributed by atoms with Crippen molar-refractivity contribution in [3.8, 4) is 11.4 Å². The standard InChI is InChI=1S/C25H28Cl2N4O2S/c26-21-8-6-18(7-9-21)24-29-23(33-30-24)16-31-13-10-19(11-14-31)25(32)28-12-3-15-34-17-20-4-1-2-5-22(20)27/h1-2,4-9,19H,3,10-17H2,(H,28,32). The van der Waals surface area contributed by atoms with Gasteiger partial charge in [0.15, 0.2) is 0 Å². The van der Waals surface area contributed by atoms with E-state index in [1.54, 1.807) is 0 Å². The molecule has 4 rings (SSSR count). The van der Waals surface area contributed by atoms with Crippen molar-refractivity contribution >= 4 is 40.9 Å². The SMILES string of the molecule is O=C(NCCCSCc1ccccc1Cl)C1CCN(Cc2nc(-c3ccc(Cl)cc3)no2)CC1. The highest BCUT2D eigenvalue weighted by molar-refractivity contribution is 7.98. The summed E-state index contributed by atoms with van der Waals surface area (Å²) >= 11 is 14.0. The number of thioether (sulfide) groups is 1. The average molecular weight is 519 g/mol. The molecular formula is C25H28Cl2N4O2S. The molecule has 0 atom stereocenters. The van der Waals surface area contributed by atoms with Crippen LogP contribution in [-0.4, -0.2) is 46.3 Å². The Kier molecular flexibility index (Phi) is 9.27. The van der Waals surface area contributed by atoms with E-state index in [0.717, 1.165) is 60.0 Å². The number of benzene rings is 2. The van der Waals surface area contributed by atoms with Crippen molar-refractivity contribution in [2.24, 2.45) is 5.92 Å². The largest absolute Gasteiger partial charge is 0.356 e. The first-order chi connectivity index (χ1) is 16.6. The molecule has 34 heavy (non-hydrogen) atoms. The van der Waals surface area contributed by atoms with Gasteiger partial charge in [-0.15, -0.1) is 0 Å². The highest BCUT2D eigenvalue weighted by atomic mass is 35.5. The molecule has 0 radical (unpaired) electrons. The summed E-state index contributed by atoms with van der Waals surface area (Å²) in [7, 11) is 0. The molecule has 1 aliphatic heterocycles. The van der Waals surface area contributed by atoms with Gasteiger partial charge in [-0.05, 0) is 74.0 Å². The van der Waals surface area contributed by atoms with E-state index in [1.165, 1.54) is 0 Å². The van der Waals surface area contributed by atoms with Gasteiger partial charge in [-0.3, -0.25) is 9.69 Å². The molecule has 1 amide bonds. The highest BCUT2D eigenvalue weighted by Gasteiger charge is 2.25. The predicted molar refractivity (Wildman–Crippen MR) is 138 cm³/mol. The fraction of sp³-hybridized carbons (Fsp3) is 0.400. The zero-order valence-corrected chi connectivity index (χ0v) is 21.2. The van der Waals surface area contributed by atoms with Gasteiger partial charge >= 0.3 is 0 Å². The monoisotopic (exact) mass is 518 g/mol. The van der Waals surface area contributed by atoms with Crippen molar-refractivity contribution in [2.45, 2.75) is 31.6 Å². The van der Waals surface area contributed by atoms with E-state index in [0.29, 0.717) is 29.8 Å². The number of amides is 1. The molecule has 180 valence electrons. The lowest BCUT2D eigenvalue weighted by Gasteiger charge is -2.30. The van der Waals surface area contributed by atoms with E-state index in [4.69, 9.17) is 27.7 Å². The fourth-order valence-corrected chi connectivity index (χ4v) is 5.28. The van der Waals surface area contributed by atoms with Gasteiger partial charge in [0.25, 0.3) is 0 Å². The fourth-order valence-electron chi connectivity index (χ4n) is 3.91. The van der Waals surface area contributed by atoms with Crippen molar-refractivity contribution in [1.29, 1.82) is 0 Å². The minimum atomic E-state index is 0.0688. The molecule has 3 aromatic rings. The number of carbonyl (C=O) groups is 1. The minimum Gasteiger partial charge on any atom is -0.356 e. The number of aromatic nitrogens is 2. The number of piperidine rings is 1. The molecule has 0 unspecified atom stereocenters. The van der Waals surface area contributed by atoms with Crippen molar-refractivity contribution in [1.82, 2.24) is 20.4 Å². The second-order valence-electron chi connectivity index (χ2n) is 8.36. The van der Waals surface area contributed by atoms with Crippen LogP contribution in [0.15, 0.2) is 53.1 Å².